The van der Waals surface area contributed by atoms with Crippen molar-refractivity contribution in [2.24, 2.45) is 11.8 Å². The molecule has 0 heterocycles. The average molecular weight is 193 g/mol. The highest BCUT2D eigenvalue weighted by atomic mass is 16.1. The van der Waals surface area contributed by atoms with E-state index in [4.69, 9.17) is 0 Å². The van der Waals surface area contributed by atoms with Gasteiger partial charge >= 0.3 is 0 Å². The summed E-state index contributed by atoms with van der Waals surface area (Å²) >= 11 is 0. The van der Waals surface area contributed by atoms with Crippen LogP contribution < -0.4 is 5.32 Å². The van der Waals surface area contributed by atoms with Gasteiger partial charge in [-0.15, -0.1) is 0 Å². The molecule has 0 aromatic rings. The number of hydrogen-bond donors (Lipinski definition) is 1. The zero-order valence-electron chi connectivity index (χ0n) is 9.10. The number of amides is 1. The van der Waals surface area contributed by atoms with Gasteiger partial charge in [0.1, 0.15) is 0 Å². The minimum absolute atomic E-state index is 0.111. The molecule has 0 bridgehead atoms. The van der Waals surface area contributed by atoms with Crippen molar-refractivity contribution in [1.82, 2.24) is 5.32 Å². The van der Waals surface area contributed by atoms with Crippen molar-refractivity contribution in [2.75, 3.05) is 6.54 Å². The Kier molecular flexibility index (Phi) is 4.52. The smallest absolute Gasteiger partial charge is 0.295 e. The maximum atomic E-state index is 11.1. The highest BCUT2D eigenvalue weighted by Gasteiger charge is 2.17. The first-order chi connectivity index (χ1) is 6.68. The Hall–Kier alpha value is -0.970. The first-order valence-electron chi connectivity index (χ1n) is 5.48. The van der Waals surface area contributed by atoms with Gasteiger partial charge in [0.25, 0.3) is 5.91 Å². The molecule has 1 N–H and O–H groups in total. The normalized spacial score (nSPS) is 14.8. The Morgan fingerprint density at radius 2 is 2.21 bits per heavy atom. The molecule has 14 heavy (non-hydrogen) atoms. The molecule has 0 atom stereocenters. The largest absolute Gasteiger partial charge is 0.345 e. The molecule has 1 aliphatic carbocycles. The summed E-state index contributed by atoms with van der Waals surface area (Å²) in [5.41, 5.74) is 0. The van der Waals surface area contributed by atoms with Crippen LogP contribution in [0.4, 0.5) is 0 Å². The predicted octanol–water partition coefficient (Wildman–Crippen LogP) is 1.95. The van der Waals surface area contributed by atoms with Crippen LogP contribution in [0.15, 0.2) is 0 Å². The van der Waals surface area contributed by atoms with Crippen LogP contribution in [-0.2, 0) is 4.79 Å². The minimum Gasteiger partial charge on any atom is -0.345 e. The molecule has 78 valence electrons. The van der Waals surface area contributed by atoms with E-state index in [9.17, 15) is 4.79 Å². The minimum atomic E-state index is -0.111. The monoisotopic (exact) mass is 193 g/mol. The van der Waals surface area contributed by atoms with Crippen LogP contribution in [0.3, 0.4) is 0 Å². The van der Waals surface area contributed by atoms with E-state index in [1.54, 1.807) is 0 Å². The quantitative estimate of drug-likeness (QED) is 0.536. The lowest BCUT2D eigenvalue weighted by molar-refractivity contribution is -0.115. The van der Waals surface area contributed by atoms with E-state index < -0.39 is 0 Å². The van der Waals surface area contributed by atoms with Crippen molar-refractivity contribution < 1.29 is 4.79 Å². The molecule has 2 nitrogen and oxygen atoms in total. The topological polar surface area (TPSA) is 29.1 Å². The second-order valence-electron chi connectivity index (χ2n) is 4.34. The first kappa shape index (κ1) is 11.1. The zero-order valence-corrected chi connectivity index (χ0v) is 9.10. The molecule has 1 rings (SSSR count). The van der Waals surface area contributed by atoms with Crippen LogP contribution >= 0.6 is 0 Å². The fraction of sp³-hybridized carbons (Fsp3) is 0.750. The van der Waals surface area contributed by atoms with E-state index in [1.165, 1.54) is 12.8 Å². The third-order valence-electron chi connectivity index (χ3n) is 2.21. The summed E-state index contributed by atoms with van der Waals surface area (Å²) < 4.78 is 0. The third kappa shape index (κ3) is 5.64. The van der Waals surface area contributed by atoms with Gasteiger partial charge in [0, 0.05) is 12.5 Å². The van der Waals surface area contributed by atoms with Gasteiger partial charge in [-0.2, -0.15) is 0 Å². The Morgan fingerprint density at radius 1 is 1.50 bits per heavy atom. The number of carbonyl (C=O) groups excluding carboxylic acids is 1. The van der Waals surface area contributed by atoms with Gasteiger partial charge in [-0.25, -0.2) is 0 Å². The third-order valence-corrected chi connectivity index (χ3v) is 2.21. The van der Waals surface area contributed by atoms with Crippen LogP contribution in [0.2, 0.25) is 0 Å². The maximum absolute atomic E-state index is 11.1. The number of rotatable bonds is 4. The summed E-state index contributed by atoms with van der Waals surface area (Å²) in [4.78, 5) is 11.1. The van der Waals surface area contributed by atoms with Crippen molar-refractivity contribution in [3.8, 4) is 11.8 Å². The summed E-state index contributed by atoms with van der Waals surface area (Å²) in [6.07, 6.45) is 4.56. The van der Waals surface area contributed by atoms with E-state index in [1.807, 2.05) is 0 Å². The SMILES string of the molecule is CC(C)CCCNC(=O)C#CC1CC1. The molecule has 0 aromatic heterocycles. The standard InChI is InChI=1S/C12H19NO/c1-10(2)4-3-9-13-12(14)8-7-11-5-6-11/h10-11H,3-6,9H2,1-2H3,(H,13,14). The molecule has 0 aliphatic heterocycles. The van der Waals surface area contributed by atoms with E-state index in [0.29, 0.717) is 11.8 Å². The van der Waals surface area contributed by atoms with Crippen molar-refractivity contribution in [2.45, 2.75) is 39.5 Å². The first-order valence-corrected chi connectivity index (χ1v) is 5.48. The highest BCUT2D eigenvalue weighted by molar-refractivity contribution is 5.93. The van der Waals surface area contributed by atoms with Gasteiger partial charge in [-0.3, -0.25) is 4.79 Å². The summed E-state index contributed by atoms with van der Waals surface area (Å²) in [5.74, 6) is 6.69. The summed E-state index contributed by atoms with van der Waals surface area (Å²) in [6, 6.07) is 0. The Balaban J connectivity index is 2.00. The van der Waals surface area contributed by atoms with Crippen LogP contribution in [-0.4, -0.2) is 12.5 Å². The lowest BCUT2D eigenvalue weighted by atomic mass is 10.1. The fourth-order valence-electron chi connectivity index (χ4n) is 1.15. The molecule has 0 spiro atoms. The fourth-order valence-corrected chi connectivity index (χ4v) is 1.15. The van der Waals surface area contributed by atoms with Crippen LogP contribution in [0.1, 0.15) is 39.5 Å². The lowest BCUT2D eigenvalue weighted by Gasteiger charge is -2.03. The van der Waals surface area contributed by atoms with Crippen LogP contribution in [0.25, 0.3) is 0 Å². The molecule has 1 aliphatic rings. The van der Waals surface area contributed by atoms with Gasteiger partial charge in [-0.05, 0) is 37.5 Å². The van der Waals surface area contributed by atoms with Crippen molar-refractivity contribution in [1.29, 1.82) is 0 Å². The molecular weight excluding hydrogens is 174 g/mol. The molecule has 1 amide bonds. The van der Waals surface area contributed by atoms with Crippen molar-refractivity contribution in [3.63, 3.8) is 0 Å². The Labute approximate surface area is 86.5 Å². The molecule has 1 saturated carbocycles. The van der Waals surface area contributed by atoms with Crippen molar-refractivity contribution >= 4 is 5.91 Å². The molecule has 1 fully saturated rings. The highest BCUT2D eigenvalue weighted by Crippen LogP contribution is 2.27. The lowest BCUT2D eigenvalue weighted by Crippen LogP contribution is -2.22. The molecule has 0 radical (unpaired) electrons. The van der Waals surface area contributed by atoms with Crippen molar-refractivity contribution in [3.05, 3.63) is 0 Å². The van der Waals surface area contributed by atoms with E-state index in [0.717, 1.165) is 19.4 Å². The van der Waals surface area contributed by atoms with Crippen LogP contribution in [0, 0.1) is 23.7 Å². The number of hydrogen-bond acceptors (Lipinski definition) is 1. The zero-order chi connectivity index (χ0) is 10.4. The molecular formula is C12H19NO. The Morgan fingerprint density at radius 3 is 2.79 bits per heavy atom. The average Bonchev–Trinajstić information content (AvgIpc) is 2.92. The summed E-state index contributed by atoms with van der Waals surface area (Å²) in [5, 5.41) is 2.81. The molecule has 0 saturated heterocycles. The van der Waals surface area contributed by atoms with Crippen LogP contribution in [0.5, 0.6) is 0 Å². The van der Waals surface area contributed by atoms with Gasteiger partial charge in [0.15, 0.2) is 0 Å². The number of nitrogens with one attached hydrogen (secondary N) is 1. The Bertz CT molecular complexity index is 243. The van der Waals surface area contributed by atoms with Gasteiger partial charge < -0.3 is 5.32 Å². The van der Waals surface area contributed by atoms with Gasteiger partial charge in [0.2, 0.25) is 0 Å². The number of carbonyl (C=O) groups is 1. The van der Waals surface area contributed by atoms with Gasteiger partial charge in [-0.1, -0.05) is 19.8 Å². The molecule has 2 heteroatoms. The summed E-state index contributed by atoms with van der Waals surface area (Å²) in [6.45, 7) is 5.14. The second kappa shape index (κ2) is 5.70. The van der Waals surface area contributed by atoms with E-state index in [2.05, 4.69) is 31.0 Å². The maximum Gasteiger partial charge on any atom is 0.295 e. The van der Waals surface area contributed by atoms with E-state index >= 15 is 0 Å². The van der Waals surface area contributed by atoms with Gasteiger partial charge in [0.05, 0.1) is 0 Å². The second-order valence-corrected chi connectivity index (χ2v) is 4.34. The molecule has 0 unspecified atom stereocenters. The predicted molar refractivity (Wildman–Crippen MR) is 57.6 cm³/mol. The molecule has 0 aromatic carbocycles. The van der Waals surface area contributed by atoms with E-state index in [-0.39, 0.29) is 5.91 Å². The summed E-state index contributed by atoms with van der Waals surface area (Å²) in [7, 11) is 0.